The van der Waals surface area contributed by atoms with Crippen molar-refractivity contribution >= 4 is 29.9 Å². The van der Waals surface area contributed by atoms with E-state index in [1.165, 1.54) is 0 Å². The van der Waals surface area contributed by atoms with Crippen LogP contribution in [0.5, 0.6) is 11.5 Å². The van der Waals surface area contributed by atoms with Gasteiger partial charge in [0.05, 0.1) is 18.3 Å². The third kappa shape index (κ3) is 8.78. The van der Waals surface area contributed by atoms with Crippen molar-refractivity contribution < 1.29 is 36.6 Å². The highest BCUT2D eigenvalue weighted by molar-refractivity contribution is 5.96. The Kier molecular flexibility index (Phi) is 10.5. The van der Waals surface area contributed by atoms with Gasteiger partial charge in [-0.3, -0.25) is 9.59 Å². The van der Waals surface area contributed by atoms with E-state index < -0.39 is 49.1 Å². The number of halogens is 5. The molecule has 1 rings (SSSR count). The van der Waals surface area contributed by atoms with Gasteiger partial charge in [0.15, 0.2) is 5.75 Å². The van der Waals surface area contributed by atoms with Crippen LogP contribution in [0.25, 0.3) is 0 Å². The molecule has 154 valence electrons. The number of carbonyl (C=O) groups excluding carboxylic acids is 2. The van der Waals surface area contributed by atoms with Gasteiger partial charge in [-0.2, -0.15) is 17.6 Å². The zero-order valence-electron chi connectivity index (χ0n) is 14.4. The molecule has 0 aliphatic carbocycles. The van der Waals surface area contributed by atoms with Crippen LogP contribution in [0, 0.1) is 5.92 Å². The lowest BCUT2D eigenvalue weighted by Gasteiger charge is -2.16. The predicted octanol–water partition coefficient (Wildman–Crippen LogP) is 2.35. The lowest BCUT2D eigenvalue weighted by Crippen LogP contribution is -2.46. The number of ether oxygens (including phenoxy) is 2. The third-order valence-corrected chi connectivity index (χ3v) is 3.11. The summed E-state index contributed by atoms with van der Waals surface area (Å²) in [5.74, 6) is -2.45. The minimum absolute atomic E-state index is 0. The number of nitrogens with one attached hydrogen (secondary N) is 2. The molecule has 4 N–H and O–H groups in total. The van der Waals surface area contributed by atoms with E-state index in [4.69, 9.17) is 5.73 Å². The van der Waals surface area contributed by atoms with Gasteiger partial charge in [0.1, 0.15) is 5.75 Å². The van der Waals surface area contributed by atoms with Crippen molar-refractivity contribution in [2.75, 3.05) is 11.9 Å². The van der Waals surface area contributed by atoms with Gasteiger partial charge in [0.25, 0.3) is 0 Å². The van der Waals surface area contributed by atoms with E-state index in [2.05, 4.69) is 20.1 Å². The number of alkyl halides is 4. The first-order valence-corrected chi connectivity index (χ1v) is 7.47. The molecule has 1 atom stereocenters. The van der Waals surface area contributed by atoms with Crippen molar-refractivity contribution in [3.63, 3.8) is 0 Å². The quantitative estimate of drug-likeness (QED) is 0.535. The van der Waals surface area contributed by atoms with Crippen molar-refractivity contribution in [2.45, 2.75) is 33.1 Å². The summed E-state index contributed by atoms with van der Waals surface area (Å²) < 4.78 is 57.6. The van der Waals surface area contributed by atoms with Crippen molar-refractivity contribution in [1.82, 2.24) is 5.32 Å². The predicted molar refractivity (Wildman–Crippen MR) is 91.4 cm³/mol. The highest BCUT2D eigenvalue weighted by Crippen LogP contribution is 2.31. The summed E-state index contributed by atoms with van der Waals surface area (Å²) >= 11 is 0. The molecule has 2 amide bonds. The smallest absolute Gasteiger partial charge is 0.387 e. The van der Waals surface area contributed by atoms with E-state index in [1.54, 1.807) is 13.8 Å². The van der Waals surface area contributed by atoms with Crippen molar-refractivity contribution in [3.8, 4) is 11.5 Å². The number of hydrogen-bond donors (Lipinski definition) is 3. The third-order valence-electron chi connectivity index (χ3n) is 3.11. The Bertz CT molecular complexity index is 635. The summed E-state index contributed by atoms with van der Waals surface area (Å²) in [5.41, 5.74) is 5.40. The van der Waals surface area contributed by atoms with Gasteiger partial charge < -0.3 is 25.8 Å². The molecule has 7 nitrogen and oxygen atoms in total. The average Bonchev–Trinajstić information content (AvgIpc) is 2.53. The van der Waals surface area contributed by atoms with E-state index in [9.17, 15) is 27.2 Å². The molecule has 12 heteroatoms. The minimum atomic E-state index is -3.25. The molecular weight excluding hydrogens is 398 g/mol. The highest BCUT2D eigenvalue weighted by Gasteiger charge is 2.19. The molecule has 0 unspecified atom stereocenters. The first-order chi connectivity index (χ1) is 12.1. The van der Waals surface area contributed by atoms with Crippen molar-refractivity contribution in [1.29, 1.82) is 0 Å². The number of hydrogen-bond acceptors (Lipinski definition) is 5. The van der Waals surface area contributed by atoms with Crippen molar-refractivity contribution in [3.05, 3.63) is 18.2 Å². The van der Waals surface area contributed by atoms with Gasteiger partial charge in [0, 0.05) is 6.07 Å². The lowest BCUT2D eigenvalue weighted by molar-refractivity contribution is -0.125. The van der Waals surface area contributed by atoms with E-state index in [1.807, 2.05) is 0 Å². The molecule has 0 radical (unpaired) electrons. The topological polar surface area (TPSA) is 103 Å². The number of nitrogens with two attached hydrogens (primary N) is 1. The van der Waals surface area contributed by atoms with Gasteiger partial charge >= 0.3 is 13.2 Å². The van der Waals surface area contributed by atoms with Gasteiger partial charge in [-0.1, -0.05) is 13.8 Å². The fourth-order valence-corrected chi connectivity index (χ4v) is 1.76. The van der Waals surface area contributed by atoms with Gasteiger partial charge in [-0.05, 0) is 18.1 Å². The lowest BCUT2D eigenvalue weighted by atomic mass is 10.1. The largest absolute Gasteiger partial charge is 0.435 e. The fourth-order valence-electron chi connectivity index (χ4n) is 1.76. The Balaban J connectivity index is 0.00000676. The van der Waals surface area contributed by atoms with Crippen LogP contribution in [0.4, 0.5) is 23.2 Å². The van der Waals surface area contributed by atoms with Crippen LogP contribution in [0.15, 0.2) is 18.2 Å². The molecule has 0 fully saturated rings. The Hall–Kier alpha value is -2.27. The maximum absolute atomic E-state index is 12.5. The van der Waals surface area contributed by atoms with E-state index in [-0.39, 0.29) is 24.0 Å². The minimum Gasteiger partial charge on any atom is -0.435 e. The van der Waals surface area contributed by atoms with Crippen LogP contribution in [-0.4, -0.2) is 37.6 Å². The molecule has 0 saturated carbocycles. The molecule has 1 aromatic rings. The molecule has 0 aliphatic rings. The molecule has 27 heavy (non-hydrogen) atoms. The zero-order chi connectivity index (χ0) is 19.9. The molecular formula is C15H20ClF4N3O4. The summed E-state index contributed by atoms with van der Waals surface area (Å²) in [6.07, 6.45) is 0. The first kappa shape index (κ1) is 24.7. The monoisotopic (exact) mass is 417 g/mol. The molecule has 0 heterocycles. The van der Waals surface area contributed by atoms with Crippen molar-refractivity contribution in [2.24, 2.45) is 11.7 Å². The molecule has 0 aromatic heterocycles. The maximum Gasteiger partial charge on any atom is 0.387 e. The van der Waals surface area contributed by atoms with Crippen LogP contribution in [0.2, 0.25) is 0 Å². The number of anilines is 1. The van der Waals surface area contributed by atoms with Crippen LogP contribution >= 0.6 is 12.4 Å². The number of carbonyl (C=O) groups is 2. The normalized spacial score (nSPS) is 11.8. The Morgan fingerprint density at radius 3 is 2.22 bits per heavy atom. The van der Waals surface area contributed by atoms with Crippen LogP contribution in [-0.2, 0) is 9.59 Å². The zero-order valence-corrected chi connectivity index (χ0v) is 15.2. The van der Waals surface area contributed by atoms with Gasteiger partial charge in [0.2, 0.25) is 11.8 Å². The van der Waals surface area contributed by atoms with E-state index >= 15 is 0 Å². The summed E-state index contributed by atoms with van der Waals surface area (Å²) in [4.78, 5) is 23.5. The number of rotatable bonds is 9. The summed E-state index contributed by atoms with van der Waals surface area (Å²) in [6.45, 7) is -3.43. The van der Waals surface area contributed by atoms with E-state index in [0.717, 1.165) is 18.2 Å². The molecule has 0 spiro atoms. The second-order valence-electron chi connectivity index (χ2n) is 5.45. The Morgan fingerprint density at radius 2 is 1.70 bits per heavy atom. The summed E-state index contributed by atoms with van der Waals surface area (Å²) in [6, 6.07) is 2.05. The maximum atomic E-state index is 12.5. The highest BCUT2D eigenvalue weighted by atomic mass is 35.5. The summed E-state index contributed by atoms with van der Waals surface area (Å²) in [7, 11) is 0. The van der Waals surface area contributed by atoms with Gasteiger partial charge in [-0.25, -0.2) is 0 Å². The Labute approximate surface area is 159 Å². The van der Waals surface area contributed by atoms with Crippen LogP contribution in [0.1, 0.15) is 13.8 Å². The van der Waals surface area contributed by atoms with Crippen LogP contribution in [0.3, 0.4) is 0 Å². The Morgan fingerprint density at radius 1 is 1.11 bits per heavy atom. The molecule has 1 aromatic carbocycles. The molecule has 0 bridgehead atoms. The van der Waals surface area contributed by atoms with E-state index in [0.29, 0.717) is 0 Å². The number of benzene rings is 1. The second-order valence-corrected chi connectivity index (χ2v) is 5.45. The number of amides is 2. The van der Waals surface area contributed by atoms with Crippen LogP contribution < -0.4 is 25.8 Å². The fraction of sp³-hybridized carbons (Fsp3) is 0.467. The molecule has 0 aliphatic heterocycles. The standard InChI is InChI=1S/C15H19F4N3O4.ClH/c1-7(2)12(20)13(24)21-6-11(23)22-9-4-3-8(25-14(16)17)5-10(9)26-15(18)19;/h3-5,7,12,14-15H,6,20H2,1-2H3,(H,21,24)(H,22,23);1H/t12-;/m0./s1. The SMILES string of the molecule is CC(C)[C@H](N)C(=O)NCC(=O)Nc1ccc(OC(F)F)cc1OC(F)F.Cl. The first-order valence-electron chi connectivity index (χ1n) is 7.47. The van der Waals surface area contributed by atoms with Gasteiger partial charge in [-0.15, -0.1) is 12.4 Å². The average molecular weight is 418 g/mol. The molecule has 0 saturated heterocycles. The summed E-state index contributed by atoms with van der Waals surface area (Å²) in [5, 5.41) is 4.52. The second kappa shape index (κ2) is 11.4.